The Bertz CT molecular complexity index is 596. The lowest BCUT2D eigenvalue weighted by Gasteiger charge is -2.17. The highest BCUT2D eigenvalue weighted by atomic mass is 16.5. The average molecular weight is 285 g/mol. The van der Waals surface area contributed by atoms with Crippen molar-refractivity contribution in [1.29, 1.82) is 0 Å². The second-order valence-electron chi connectivity index (χ2n) is 5.28. The van der Waals surface area contributed by atoms with Crippen LogP contribution in [0.2, 0.25) is 0 Å². The van der Waals surface area contributed by atoms with Crippen molar-refractivity contribution in [2.24, 2.45) is 0 Å². The monoisotopic (exact) mass is 285 g/mol. The van der Waals surface area contributed by atoms with E-state index in [1.807, 2.05) is 13.0 Å². The highest BCUT2D eigenvalue weighted by molar-refractivity contribution is 5.41. The first-order valence-corrected chi connectivity index (χ1v) is 7.26. The van der Waals surface area contributed by atoms with E-state index in [4.69, 9.17) is 4.74 Å². The molecule has 0 radical (unpaired) electrons. The number of hydrogen-bond acceptors (Lipinski definition) is 3. The van der Waals surface area contributed by atoms with Gasteiger partial charge in [-0.15, -0.1) is 0 Å². The summed E-state index contributed by atoms with van der Waals surface area (Å²) in [6.45, 7) is 5.04. The molecule has 21 heavy (non-hydrogen) atoms. The predicted molar refractivity (Wildman–Crippen MR) is 86.0 cm³/mol. The van der Waals surface area contributed by atoms with Gasteiger partial charge >= 0.3 is 0 Å². The number of phenols is 1. The highest BCUT2D eigenvalue weighted by Gasteiger charge is 2.11. The third kappa shape index (κ3) is 3.99. The highest BCUT2D eigenvalue weighted by Crippen LogP contribution is 2.28. The zero-order valence-corrected chi connectivity index (χ0v) is 12.9. The van der Waals surface area contributed by atoms with Gasteiger partial charge in [-0.3, -0.25) is 0 Å². The van der Waals surface area contributed by atoms with Crippen LogP contribution < -0.4 is 10.1 Å². The maximum absolute atomic E-state index is 9.97. The number of hydrogen-bond donors (Lipinski definition) is 2. The maximum atomic E-state index is 9.97. The van der Waals surface area contributed by atoms with Gasteiger partial charge in [-0.25, -0.2) is 0 Å². The van der Waals surface area contributed by atoms with Crippen LogP contribution in [0.4, 0.5) is 0 Å². The van der Waals surface area contributed by atoms with Gasteiger partial charge in [0, 0.05) is 11.6 Å². The lowest BCUT2D eigenvalue weighted by Crippen LogP contribution is -2.21. The van der Waals surface area contributed by atoms with Gasteiger partial charge in [-0.1, -0.05) is 24.3 Å². The fraction of sp³-hybridized carbons (Fsp3) is 0.333. The Balaban J connectivity index is 1.96. The Hall–Kier alpha value is -2.00. The molecule has 3 heteroatoms. The molecule has 1 unspecified atom stereocenters. The summed E-state index contributed by atoms with van der Waals surface area (Å²) in [5.41, 5.74) is 3.53. The first-order valence-electron chi connectivity index (χ1n) is 7.26. The van der Waals surface area contributed by atoms with E-state index in [0.717, 1.165) is 24.3 Å². The second-order valence-corrected chi connectivity index (χ2v) is 5.28. The van der Waals surface area contributed by atoms with Crippen molar-refractivity contribution in [3.63, 3.8) is 0 Å². The van der Waals surface area contributed by atoms with Gasteiger partial charge in [-0.2, -0.15) is 0 Å². The molecule has 0 heterocycles. The summed E-state index contributed by atoms with van der Waals surface area (Å²) in [5.74, 6) is 1.06. The SMILES string of the molecule is COc1ccc(O)c(C(C)NCCc2ccccc2C)c1. The van der Waals surface area contributed by atoms with Gasteiger partial charge in [-0.05, 0) is 56.1 Å². The quantitative estimate of drug-likeness (QED) is 0.852. The summed E-state index contributed by atoms with van der Waals surface area (Å²) < 4.78 is 5.21. The van der Waals surface area contributed by atoms with E-state index in [1.54, 1.807) is 19.2 Å². The number of benzene rings is 2. The molecule has 0 saturated carbocycles. The van der Waals surface area contributed by atoms with Crippen LogP contribution in [0.25, 0.3) is 0 Å². The summed E-state index contributed by atoms with van der Waals surface area (Å²) in [5, 5.41) is 13.4. The van der Waals surface area contributed by atoms with Crippen molar-refractivity contribution in [1.82, 2.24) is 5.32 Å². The summed E-state index contributed by atoms with van der Waals surface area (Å²) in [6.07, 6.45) is 0.974. The fourth-order valence-corrected chi connectivity index (χ4v) is 2.43. The molecule has 2 rings (SSSR count). The molecule has 2 aromatic carbocycles. The molecule has 0 aliphatic rings. The van der Waals surface area contributed by atoms with Gasteiger partial charge < -0.3 is 15.2 Å². The Morgan fingerprint density at radius 3 is 2.67 bits per heavy atom. The summed E-state index contributed by atoms with van der Waals surface area (Å²) in [4.78, 5) is 0. The topological polar surface area (TPSA) is 41.5 Å². The fourth-order valence-electron chi connectivity index (χ4n) is 2.43. The van der Waals surface area contributed by atoms with E-state index in [-0.39, 0.29) is 6.04 Å². The lowest BCUT2D eigenvalue weighted by molar-refractivity contribution is 0.407. The number of rotatable bonds is 6. The van der Waals surface area contributed by atoms with Crippen LogP contribution in [0.3, 0.4) is 0 Å². The van der Waals surface area contributed by atoms with E-state index in [9.17, 15) is 5.11 Å². The molecule has 1 atom stereocenters. The molecular formula is C18H23NO2. The minimum absolute atomic E-state index is 0.0733. The van der Waals surface area contributed by atoms with Crippen molar-refractivity contribution in [3.8, 4) is 11.5 Å². The molecule has 0 amide bonds. The maximum Gasteiger partial charge on any atom is 0.120 e. The van der Waals surface area contributed by atoms with Gasteiger partial charge in [0.05, 0.1) is 7.11 Å². The van der Waals surface area contributed by atoms with Gasteiger partial charge in [0.1, 0.15) is 11.5 Å². The van der Waals surface area contributed by atoms with Crippen molar-refractivity contribution in [3.05, 3.63) is 59.2 Å². The van der Waals surface area contributed by atoms with E-state index in [1.165, 1.54) is 11.1 Å². The Morgan fingerprint density at radius 2 is 1.95 bits per heavy atom. The first kappa shape index (κ1) is 15.4. The van der Waals surface area contributed by atoms with Gasteiger partial charge in [0.2, 0.25) is 0 Å². The number of methoxy groups -OCH3 is 1. The molecule has 0 aromatic heterocycles. The van der Waals surface area contributed by atoms with E-state index < -0.39 is 0 Å². The number of aromatic hydroxyl groups is 1. The van der Waals surface area contributed by atoms with Crippen molar-refractivity contribution in [2.45, 2.75) is 26.3 Å². The van der Waals surface area contributed by atoms with Crippen molar-refractivity contribution < 1.29 is 9.84 Å². The van der Waals surface area contributed by atoms with Crippen LogP contribution >= 0.6 is 0 Å². The van der Waals surface area contributed by atoms with Crippen molar-refractivity contribution in [2.75, 3.05) is 13.7 Å². The van der Waals surface area contributed by atoms with Gasteiger partial charge in [0.15, 0.2) is 0 Å². The molecule has 0 aliphatic carbocycles. The molecule has 0 aliphatic heterocycles. The lowest BCUT2D eigenvalue weighted by atomic mass is 10.0. The molecule has 0 fully saturated rings. The van der Waals surface area contributed by atoms with Crippen LogP contribution in [0.15, 0.2) is 42.5 Å². The number of nitrogens with one attached hydrogen (secondary N) is 1. The van der Waals surface area contributed by atoms with Crippen LogP contribution in [0.1, 0.15) is 29.7 Å². The molecule has 2 aromatic rings. The average Bonchev–Trinajstić information content (AvgIpc) is 2.49. The Kier molecular flexibility index (Phi) is 5.23. The second kappa shape index (κ2) is 7.14. The van der Waals surface area contributed by atoms with Crippen LogP contribution in [-0.4, -0.2) is 18.8 Å². The van der Waals surface area contributed by atoms with Crippen LogP contribution in [0, 0.1) is 6.92 Å². The summed E-state index contributed by atoms with van der Waals surface area (Å²) in [7, 11) is 1.63. The predicted octanol–water partition coefficient (Wildman–Crippen LogP) is 3.60. The molecule has 0 bridgehead atoms. The standard InChI is InChI=1S/C18H23NO2/c1-13-6-4-5-7-15(13)10-11-19-14(2)17-12-16(21-3)8-9-18(17)20/h4-9,12,14,19-20H,10-11H2,1-3H3. The number of ether oxygens (including phenoxy) is 1. The minimum Gasteiger partial charge on any atom is -0.508 e. The molecule has 0 spiro atoms. The summed E-state index contributed by atoms with van der Waals surface area (Å²) in [6, 6.07) is 13.8. The first-order chi connectivity index (χ1) is 10.1. The molecule has 2 N–H and O–H groups in total. The summed E-state index contributed by atoms with van der Waals surface area (Å²) >= 11 is 0. The molecule has 0 saturated heterocycles. The zero-order valence-electron chi connectivity index (χ0n) is 12.9. The van der Waals surface area contributed by atoms with Crippen LogP contribution in [0.5, 0.6) is 11.5 Å². The number of phenolic OH excluding ortho intramolecular Hbond substituents is 1. The Labute approximate surface area is 126 Å². The Morgan fingerprint density at radius 1 is 1.19 bits per heavy atom. The largest absolute Gasteiger partial charge is 0.508 e. The molecule has 112 valence electrons. The van der Waals surface area contributed by atoms with E-state index >= 15 is 0 Å². The molecular weight excluding hydrogens is 262 g/mol. The normalized spacial score (nSPS) is 12.1. The molecule has 3 nitrogen and oxygen atoms in total. The van der Waals surface area contributed by atoms with E-state index in [2.05, 4.69) is 36.5 Å². The number of aryl methyl sites for hydroxylation is 1. The van der Waals surface area contributed by atoms with Crippen LogP contribution in [-0.2, 0) is 6.42 Å². The van der Waals surface area contributed by atoms with Gasteiger partial charge in [0.25, 0.3) is 0 Å². The zero-order chi connectivity index (χ0) is 15.2. The smallest absolute Gasteiger partial charge is 0.120 e. The van der Waals surface area contributed by atoms with E-state index in [0.29, 0.717) is 5.75 Å². The van der Waals surface area contributed by atoms with Crippen molar-refractivity contribution >= 4 is 0 Å². The third-order valence-electron chi connectivity index (χ3n) is 3.81. The third-order valence-corrected chi connectivity index (χ3v) is 3.81. The minimum atomic E-state index is 0.0733.